The number of hydrogen-bond donors (Lipinski definition) is 3. The van der Waals surface area contributed by atoms with E-state index in [9.17, 15) is 13.5 Å². The molecule has 0 aliphatic heterocycles. The highest BCUT2D eigenvalue weighted by atomic mass is 32.2. The van der Waals surface area contributed by atoms with Crippen LogP contribution in [-0.4, -0.2) is 30.7 Å². The molecular formula is C13H18N2O3S2. The molecular weight excluding hydrogens is 296 g/mol. The molecule has 4 N–H and O–H groups in total. The van der Waals surface area contributed by atoms with Gasteiger partial charge in [-0.15, -0.1) is 0 Å². The molecule has 1 aliphatic rings. The number of aliphatic hydroxyl groups is 1. The standard InChI is InChI=1S/C13H18N2O3S2/c14-13(19)9-4-3-5-10(8-9)20(17,18)15-11-6-1-2-7-12(11)16/h3-5,8,11-12,15-16H,1-2,6-7H2,(H2,14,19). The van der Waals surface area contributed by atoms with Gasteiger partial charge in [-0.1, -0.05) is 37.2 Å². The summed E-state index contributed by atoms with van der Waals surface area (Å²) in [5, 5.41) is 9.85. The van der Waals surface area contributed by atoms with Crippen molar-refractivity contribution in [1.29, 1.82) is 0 Å². The number of rotatable bonds is 4. The molecule has 20 heavy (non-hydrogen) atoms. The fraction of sp³-hybridized carbons (Fsp3) is 0.462. The SMILES string of the molecule is NC(=S)c1cccc(S(=O)(=O)NC2CCCCC2O)c1. The Morgan fingerprint density at radius 3 is 2.70 bits per heavy atom. The topological polar surface area (TPSA) is 92.4 Å². The van der Waals surface area contributed by atoms with E-state index in [-0.39, 0.29) is 9.88 Å². The van der Waals surface area contributed by atoms with Gasteiger partial charge in [-0.25, -0.2) is 13.1 Å². The third-order valence-electron chi connectivity index (χ3n) is 3.46. The molecule has 0 spiro atoms. The van der Waals surface area contributed by atoms with Crippen molar-refractivity contribution in [3.05, 3.63) is 29.8 Å². The first kappa shape index (κ1) is 15.4. The average Bonchev–Trinajstić information content (AvgIpc) is 2.41. The predicted octanol–water partition coefficient (Wildman–Crippen LogP) is 0.903. The summed E-state index contributed by atoms with van der Waals surface area (Å²) in [7, 11) is -3.67. The Bertz CT molecular complexity index is 601. The minimum Gasteiger partial charge on any atom is -0.391 e. The highest BCUT2D eigenvalue weighted by Crippen LogP contribution is 2.21. The third-order valence-corrected chi connectivity index (χ3v) is 5.19. The Morgan fingerprint density at radius 1 is 1.35 bits per heavy atom. The van der Waals surface area contributed by atoms with E-state index in [0.29, 0.717) is 18.4 Å². The average molecular weight is 314 g/mol. The highest BCUT2D eigenvalue weighted by Gasteiger charge is 2.28. The molecule has 0 saturated heterocycles. The zero-order valence-electron chi connectivity index (χ0n) is 11.0. The molecule has 0 amide bonds. The second-order valence-electron chi connectivity index (χ2n) is 4.97. The van der Waals surface area contributed by atoms with Crippen LogP contribution < -0.4 is 10.5 Å². The van der Waals surface area contributed by atoms with Crippen molar-refractivity contribution in [1.82, 2.24) is 4.72 Å². The zero-order chi connectivity index (χ0) is 14.8. The van der Waals surface area contributed by atoms with Crippen LogP contribution in [0.25, 0.3) is 0 Å². The second kappa shape index (κ2) is 6.17. The molecule has 0 radical (unpaired) electrons. The van der Waals surface area contributed by atoms with Gasteiger partial charge in [-0.3, -0.25) is 0 Å². The van der Waals surface area contributed by atoms with E-state index in [1.807, 2.05) is 0 Å². The van der Waals surface area contributed by atoms with Crippen molar-refractivity contribution < 1.29 is 13.5 Å². The number of sulfonamides is 1. The Kier molecular flexibility index (Phi) is 4.74. The number of hydrogen-bond acceptors (Lipinski definition) is 4. The van der Waals surface area contributed by atoms with E-state index in [2.05, 4.69) is 4.72 Å². The number of benzene rings is 1. The second-order valence-corrected chi connectivity index (χ2v) is 7.13. The summed E-state index contributed by atoms with van der Waals surface area (Å²) in [6.07, 6.45) is 2.49. The normalized spacial score (nSPS) is 23.4. The van der Waals surface area contributed by atoms with Crippen LogP contribution in [0, 0.1) is 0 Å². The summed E-state index contributed by atoms with van der Waals surface area (Å²) in [6.45, 7) is 0. The lowest BCUT2D eigenvalue weighted by Crippen LogP contribution is -2.44. The van der Waals surface area contributed by atoms with Crippen molar-refractivity contribution in [3.63, 3.8) is 0 Å². The largest absolute Gasteiger partial charge is 0.391 e. The van der Waals surface area contributed by atoms with E-state index in [1.54, 1.807) is 12.1 Å². The Morgan fingerprint density at radius 2 is 2.05 bits per heavy atom. The van der Waals surface area contributed by atoms with Crippen LogP contribution in [-0.2, 0) is 10.0 Å². The summed E-state index contributed by atoms with van der Waals surface area (Å²) < 4.78 is 27.2. The predicted molar refractivity (Wildman–Crippen MR) is 80.9 cm³/mol. The van der Waals surface area contributed by atoms with Crippen LogP contribution in [0.1, 0.15) is 31.2 Å². The molecule has 2 unspecified atom stereocenters. The number of nitrogens with two attached hydrogens (primary N) is 1. The molecule has 0 heterocycles. The Balaban J connectivity index is 2.21. The lowest BCUT2D eigenvalue weighted by Gasteiger charge is -2.28. The third kappa shape index (κ3) is 3.54. The Hall–Kier alpha value is -1.02. The summed E-state index contributed by atoms with van der Waals surface area (Å²) in [5.74, 6) is 0. The van der Waals surface area contributed by atoms with Crippen LogP contribution >= 0.6 is 12.2 Å². The molecule has 1 saturated carbocycles. The first-order chi connectivity index (χ1) is 9.40. The van der Waals surface area contributed by atoms with E-state index in [0.717, 1.165) is 12.8 Å². The van der Waals surface area contributed by atoms with Crippen LogP contribution in [0.5, 0.6) is 0 Å². The van der Waals surface area contributed by atoms with Crippen molar-refractivity contribution in [2.75, 3.05) is 0 Å². The fourth-order valence-electron chi connectivity index (χ4n) is 2.33. The van der Waals surface area contributed by atoms with E-state index >= 15 is 0 Å². The van der Waals surface area contributed by atoms with Crippen LogP contribution in [0.4, 0.5) is 0 Å². The minimum atomic E-state index is -3.67. The van der Waals surface area contributed by atoms with Crippen molar-refractivity contribution in [2.24, 2.45) is 5.73 Å². The molecule has 110 valence electrons. The quantitative estimate of drug-likeness (QED) is 0.718. The maximum Gasteiger partial charge on any atom is 0.240 e. The van der Waals surface area contributed by atoms with E-state index in [1.165, 1.54) is 12.1 Å². The molecule has 0 bridgehead atoms. The first-order valence-electron chi connectivity index (χ1n) is 6.50. The summed E-state index contributed by atoms with van der Waals surface area (Å²) in [6, 6.07) is 5.76. The molecule has 2 atom stereocenters. The van der Waals surface area contributed by atoms with Crippen molar-refractivity contribution in [2.45, 2.75) is 42.7 Å². The minimum absolute atomic E-state index is 0.112. The van der Waals surface area contributed by atoms with Gasteiger partial charge in [-0.2, -0.15) is 0 Å². The number of thiocarbonyl (C=S) groups is 1. The van der Waals surface area contributed by atoms with Gasteiger partial charge in [0.25, 0.3) is 0 Å². The molecule has 1 aliphatic carbocycles. The molecule has 2 rings (SSSR count). The first-order valence-corrected chi connectivity index (χ1v) is 8.39. The van der Waals surface area contributed by atoms with Gasteiger partial charge >= 0.3 is 0 Å². The van der Waals surface area contributed by atoms with E-state index in [4.69, 9.17) is 18.0 Å². The molecule has 0 aromatic heterocycles. The lowest BCUT2D eigenvalue weighted by molar-refractivity contribution is 0.101. The van der Waals surface area contributed by atoms with Gasteiger partial charge in [0.15, 0.2) is 0 Å². The summed E-state index contributed by atoms with van der Waals surface area (Å²) >= 11 is 4.85. The maximum atomic E-state index is 12.3. The van der Waals surface area contributed by atoms with Crippen LogP contribution in [0.15, 0.2) is 29.2 Å². The Labute approximate surface area is 124 Å². The van der Waals surface area contributed by atoms with Crippen molar-refractivity contribution in [3.8, 4) is 0 Å². The number of aliphatic hydroxyl groups excluding tert-OH is 1. The zero-order valence-corrected chi connectivity index (χ0v) is 12.6. The van der Waals surface area contributed by atoms with Gasteiger partial charge < -0.3 is 10.8 Å². The highest BCUT2D eigenvalue weighted by molar-refractivity contribution is 7.89. The maximum absolute atomic E-state index is 12.3. The van der Waals surface area contributed by atoms with Crippen LogP contribution in [0.3, 0.4) is 0 Å². The van der Waals surface area contributed by atoms with Gasteiger partial charge in [0.2, 0.25) is 10.0 Å². The van der Waals surface area contributed by atoms with Gasteiger partial charge in [0.1, 0.15) is 4.99 Å². The smallest absolute Gasteiger partial charge is 0.240 e. The molecule has 1 fully saturated rings. The summed E-state index contributed by atoms with van der Waals surface area (Å²) in [5.41, 5.74) is 6.01. The monoisotopic (exact) mass is 314 g/mol. The molecule has 1 aromatic carbocycles. The number of nitrogens with one attached hydrogen (secondary N) is 1. The lowest BCUT2D eigenvalue weighted by atomic mass is 9.93. The van der Waals surface area contributed by atoms with Crippen LogP contribution in [0.2, 0.25) is 0 Å². The van der Waals surface area contributed by atoms with Gasteiger partial charge in [0.05, 0.1) is 11.0 Å². The van der Waals surface area contributed by atoms with Gasteiger partial charge in [-0.05, 0) is 25.0 Å². The molecule has 7 heteroatoms. The van der Waals surface area contributed by atoms with E-state index < -0.39 is 22.2 Å². The molecule has 1 aromatic rings. The van der Waals surface area contributed by atoms with Gasteiger partial charge in [0, 0.05) is 11.6 Å². The van der Waals surface area contributed by atoms with Crippen molar-refractivity contribution >= 4 is 27.2 Å². The fourth-order valence-corrected chi connectivity index (χ4v) is 3.81. The summed E-state index contributed by atoms with van der Waals surface area (Å²) in [4.78, 5) is 0.264. The molecule has 5 nitrogen and oxygen atoms in total.